The minimum absolute atomic E-state index is 0.168. The fourth-order valence-electron chi connectivity index (χ4n) is 2.67. The van der Waals surface area contributed by atoms with Crippen LogP contribution in [0.3, 0.4) is 0 Å². The highest BCUT2D eigenvalue weighted by molar-refractivity contribution is 5.76. The summed E-state index contributed by atoms with van der Waals surface area (Å²) < 4.78 is 5.25. The molecule has 23 heavy (non-hydrogen) atoms. The molecule has 1 fully saturated rings. The second-order valence-electron chi connectivity index (χ2n) is 5.95. The number of aryl methyl sites for hydroxylation is 1. The Hall–Kier alpha value is -2.21. The first-order valence-corrected chi connectivity index (χ1v) is 8.02. The number of aromatic nitrogens is 2. The summed E-state index contributed by atoms with van der Waals surface area (Å²) in [6, 6.07) is 10.0. The molecule has 1 aliphatic heterocycles. The molecule has 122 valence electrons. The molecule has 1 amide bonds. The second-order valence-corrected chi connectivity index (χ2v) is 5.95. The molecule has 1 saturated heterocycles. The molecule has 3 rings (SSSR count). The number of hydrogen-bond acceptors (Lipinski definition) is 5. The summed E-state index contributed by atoms with van der Waals surface area (Å²) in [4.78, 5) is 20.7. The van der Waals surface area contributed by atoms with E-state index in [2.05, 4.69) is 22.1 Å². The average molecular weight is 314 g/mol. The fourth-order valence-corrected chi connectivity index (χ4v) is 2.67. The number of rotatable bonds is 5. The summed E-state index contributed by atoms with van der Waals surface area (Å²) in [5.41, 5.74) is 1.15. The fraction of sp³-hybridized carbons (Fsp3) is 0.471. The van der Waals surface area contributed by atoms with Gasteiger partial charge in [-0.25, -0.2) is 0 Å². The second kappa shape index (κ2) is 7.37. The molecule has 0 spiro atoms. The number of hydrogen-bond donors (Lipinski definition) is 0. The van der Waals surface area contributed by atoms with E-state index in [1.807, 2.05) is 35.2 Å². The summed E-state index contributed by atoms with van der Waals surface area (Å²) in [6.45, 7) is 3.48. The summed E-state index contributed by atoms with van der Waals surface area (Å²) in [7, 11) is 2.08. The van der Waals surface area contributed by atoms with Gasteiger partial charge in [0.25, 0.3) is 0 Å². The number of piperazine rings is 1. The van der Waals surface area contributed by atoms with Crippen molar-refractivity contribution in [3.8, 4) is 0 Å². The maximum Gasteiger partial charge on any atom is 0.227 e. The zero-order valence-corrected chi connectivity index (χ0v) is 13.4. The van der Waals surface area contributed by atoms with Crippen LogP contribution >= 0.6 is 0 Å². The maximum atomic E-state index is 12.2. The molecule has 0 atom stereocenters. The van der Waals surface area contributed by atoms with Crippen molar-refractivity contribution in [2.75, 3.05) is 33.2 Å². The Bertz CT molecular complexity index is 633. The normalized spacial score (nSPS) is 15.8. The molecule has 2 heterocycles. The Balaban J connectivity index is 1.48. The van der Waals surface area contributed by atoms with Crippen LogP contribution in [0.15, 0.2) is 34.9 Å². The lowest BCUT2D eigenvalue weighted by molar-refractivity contribution is -0.132. The van der Waals surface area contributed by atoms with Gasteiger partial charge in [0.1, 0.15) is 0 Å². The van der Waals surface area contributed by atoms with Crippen LogP contribution in [0.2, 0.25) is 0 Å². The number of carbonyl (C=O) groups is 1. The molecular weight excluding hydrogens is 292 g/mol. The summed E-state index contributed by atoms with van der Waals surface area (Å²) in [6.07, 6.45) is 1.58. The Morgan fingerprint density at radius 3 is 2.65 bits per heavy atom. The molecule has 2 aromatic rings. The zero-order valence-electron chi connectivity index (χ0n) is 13.4. The number of carbonyl (C=O) groups excluding carboxylic acids is 1. The van der Waals surface area contributed by atoms with Crippen LogP contribution in [0.1, 0.15) is 23.7 Å². The van der Waals surface area contributed by atoms with Crippen LogP contribution in [0, 0.1) is 0 Å². The van der Waals surface area contributed by atoms with E-state index in [0.717, 1.165) is 31.7 Å². The molecule has 0 unspecified atom stereocenters. The molecule has 6 heteroatoms. The van der Waals surface area contributed by atoms with Gasteiger partial charge in [0.2, 0.25) is 11.8 Å². The van der Waals surface area contributed by atoms with E-state index in [1.165, 1.54) is 0 Å². The average Bonchev–Trinajstić information content (AvgIpc) is 3.02. The van der Waals surface area contributed by atoms with Crippen molar-refractivity contribution in [2.24, 2.45) is 0 Å². The van der Waals surface area contributed by atoms with E-state index in [1.54, 1.807) is 0 Å². The first-order chi connectivity index (χ1) is 11.2. The molecule has 0 bridgehead atoms. The molecular formula is C17H22N4O2. The van der Waals surface area contributed by atoms with E-state index in [9.17, 15) is 4.79 Å². The predicted octanol–water partition coefficient (Wildman–Crippen LogP) is 1.37. The molecule has 0 aliphatic carbocycles. The van der Waals surface area contributed by atoms with E-state index in [4.69, 9.17) is 4.52 Å². The third-order valence-electron chi connectivity index (χ3n) is 4.12. The maximum absolute atomic E-state index is 12.2. The van der Waals surface area contributed by atoms with Crippen LogP contribution in [0.4, 0.5) is 0 Å². The van der Waals surface area contributed by atoms with Gasteiger partial charge in [0.05, 0.1) is 0 Å². The molecule has 0 N–H and O–H groups in total. The van der Waals surface area contributed by atoms with E-state index in [0.29, 0.717) is 31.0 Å². The van der Waals surface area contributed by atoms with E-state index >= 15 is 0 Å². The van der Waals surface area contributed by atoms with Crippen molar-refractivity contribution in [2.45, 2.75) is 19.3 Å². The molecule has 1 aromatic carbocycles. The summed E-state index contributed by atoms with van der Waals surface area (Å²) in [5, 5.41) is 3.99. The summed E-state index contributed by atoms with van der Waals surface area (Å²) in [5.74, 6) is 1.37. The quantitative estimate of drug-likeness (QED) is 0.834. The first kappa shape index (κ1) is 15.7. The van der Waals surface area contributed by atoms with Crippen molar-refractivity contribution in [1.29, 1.82) is 0 Å². The smallest absolute Gasteiger partial charge is 0.227 e. The monoisotopic (exact) mass is 314 g/mol. The van der Waals surface area contributed by atoms with Gasteiger partial charge in [-0.3, -0.25) is 4.79 Å². The molecule has 0 radical (unpaired) electrons. The van der Waals surface area contributed by atoms with E-state index in [-0.39, 0.29) is 5.91 Å². The van der Waals surface area contributed by atoms with Crippen LogP contribution in [-0.2, 0) is 17.6 Å². The molecule has 1 aromatic heterocycles. The highest BCUT2D eigenvalue weighted by Gasteiger charge is 2.19. The Morgan fingerprint density at radius 1 is 1.17 bits per heavy atom. The third kappa shape index (κ3) is 4.39. The molecule has 0 saturated carbocycles. The van der Waals surface area contributed by atoms with Crippen LogP contribution < -0.4 is 0 Å². The lowest BCUT2D eigenvalue weighted by Crippen LogP contribution is -2.47. The SMILES string of the molecule is CN1CCN(C(=O)CCc2nc(Cc3ccccc3)no2)CC1. The van der Waals surface area contributed by atoms with Crippen molar-refractivity contribution in [3.05, 3.63) is 47.6 Å². The van der Waals surface area contributed by atoms with Gasteiger partial charge in [0, 0.05) is 45.4 Å². The van der Waals surface area contributed by atoms with Gasteiger partial charge in [-0.15, -0.1) is 0 Å². The third-order valence-corrected chi connectivity index (χ3v) is 4.12. The standard InChI is InChI=1S/C17H22N4O2/c1-20-9-11-21(12-10-20)17(22)8-7-16-18-15(19-23-16)13-14-5-3-2-4-6-14/h2-6H,7-13H2,1H3. The van der Waals surface area contributed by atoms with Gasteiger partial charge in [-0.1, -0.05) is 35.5 Å². The summed E-state index contributed by atoms with van der Waals surface area (Å²) >= 11 is 0. The number of benzene rings is 1. The lowest BCUT2D eigenvalue weighted by Gasteiger charge is -2.32. The zero-order chi connectivity index (χ0) is 16.1. The molecule has 1 aliphatic rings. The number of likely N-dealkylation sites (N-methyl/N-ethyl adjacent to an activating group) is 1. The highest BCUT2D eigenvalue weighted by Crippen LogP contribution is 2.09. The Kier molecular flexibility index (Phi) is 5.02. The van der Waals surface area contributed by atoms with Crippen molar-refractivity contribution in [3.63, 3.8) is 0 Å². The van der Waals surface area contributed by atoms with Gasteiger partial charge in [-0.2, -0.15) is 4.98 Å². The van der Waals surface area contributed by atoms with E-state index < -0.39 is 0 Å². The lowest BCUT2D eigenvalue weighted by atomic mass is 10.1. The van der Waals surface area contributed by atoms with Crippen LogP contribution in [-0.4, -0.2) is 59.1 Å². The van der Waals surface area contributed by atoms with Crippen molar-refractivity contribution >= 4 is 5.91 Å². The first-order valence-electron chi connectivity index (χ1n) is 8.02. The van der Waals surface area contributed by atoms with Crippen molar-refractivity contribution < 1.29 is 9.32 Å². The van der Waals surface area contributed by atoms with Gasteiger partial charge in [-0.05, 0) is 12.6 Å². The Morgan fingerprint density at radius 2 is 1.91 bits per heavy atom. The van der Waals surface area contributed by atoms with Gasteiger partial charge in [0.15, 0.2) is 5.82 Å². The highest BCUT2D eigenvalue weighted by atomic mass is 16.5. The van der Waals surface area contributed by atoms with Crippen LogP contribution in [0.5, 0.6) is 0 Å². The Labute approximate surface area is 136 Å². The van der Waals surface area contributed by atoms with Gasteiger partial charge >= 0.3 is 0 Å². The van der Waals surface area contributed by atoms with Crippen LogP contribution in [0.25, 0.3) is 0 Å². The minimum Gasteiger partial charge on any atom is -0.340 e. The minimum atomic E-state index is 0.168. The topological polar surface area (TPSA) is 62.5 Å². The number of nitrogens with zero attached hydrogens (tertiary/aromatic N) is 4. The predicted molar refractivity (Wildman–Crippen MR) is 85.9 cm³/mol. The largest absolute Gasteiger partial charge is 0.340 e. The molecule has 6 nitrogen and oxygen atoms in total. The number of amides is 1. The van der Waals surface area contributed by atoms with Crippen molar-refractivity contribution in [1.82, 2.24) is 19.9 Å². The van der Waals surface area contributed by atoms with Gasteiger partial charge < -0.3 is 14.3 Å².